The van der Waals surface area contributed by atoms with E-state index in [0.29, 0.717) is 17.5 Å². The predicted molar refractivity (Wildman–Crippen MR) is 63.5 cm³/mol. The SMILES string of the molecule is CC(C)c1[nH]c(C=O)nc1-c1ccccc1F. The van der Waals surface area contributed by atoms with Gasteiger partial charge in [0.1, 0.15) is 5.82 Å². The van der Waals surface area contributed by atoms with E-state index in [1.807, 2.05) is 13.8 Å². The fraction of sp³-hybridized carbons (Fsp3) is 0.231. The van der Waals surface area contributed by atoms with E-state index in [1.54, 1.807) is 18.2 Å². The first-order valence-corrected chi connectivity index (χ1v) is 5.43. The van der Waals surface area contributed by atoms with Crippen LogP contribution >= 0.6 is 0 Å². The lowest BCUT2D eigenvalue weighted by Crippen LogP contribution is -1.93. The number of H-pyrrole nitrogens is 1. The summed E-state index contributed by atoms with van der Waals surface area (Å²) in [5.41, 5.74) is 1.71. The van der Waals surface area contributed by atoms with Crippen molar-refractivity contribution >= 4 is 6.29 Å². The highest BCUT2D eigenvalue weighted by molar-refractivity contribution is 5.73. The average molecular weight is 232 g/mol. The lowest BCUT2D eigenvalue weighted by molar-refractivity contribution is 0.111. The van der Waals surface area contributed by atoms with Gasteiger partial charge in [-0.3, -0.25) is 4.79 Å². The number of hydrogen-bond acceptors (Lipinski definition) is 2. The van der Waals surface area contributed by atoms with Crippen LogP contribution < -0.4 is 0 Å². The molecule has 0 saturated carbocycles. The van der Waals surface area contributed by atoms with E-state index in [0.717, 1.165) is 5.69 Å². The summed E-state index contributed by atoms with van der Waals surface area (Å²) in [6.07, 6.45) is 0.635. The molecule has 0 bridgehead atoms. The molecule has 1 heterocycles. The Kier molecular flexibility index (Phi) is 3.04. The molecule has 17 heavy (non-hydrogen) atoms. The zero-order valence-corrected chi connectivity index (χ0v) is 9.70. The summed E-state index contributed by atoms with van der Waals surface area (Å²) in [4.78, 5) is 17.8. The summed E-state index contributed by atoms with van der Waals surface area (Å²) in [6, 6.07) is 6.42. The van der Waals surface area contributed by atoms with Crippen molar-refractivity contribution in [1.29, 1.82) is 0 Å². The number of halogens is 1. The van der Waals surface area contributed by atoms with Crippen LogP contribution in [0.1, 0.15) is 36.1 Å². The number of aromatic nitrogens is 2. The summed E-state index contributed by atoms with van der Waals surface area (Å²) in [5.74, 6) is 0.0381. The molecule has 4 heteroatoms. The maximum Gasteiger partial charge on any atom is 0.185 e. The molecule has 0 radical (unpaired) electrons. The third-order valence-electron chi connectivity index (χ3n) is 2.57. The molecular formula is C13H13FN2O. The minimum absolute atomic E-state index is 0.144. The lowest BCUT2D eigenvalue weighted by Gasteiger charge is -2.06. The molecule has 0 aliphatic rings. The minimum atomic E-state index is -0.335. The zero-order chi connectivity index (χ0) is 12.4. The van der Waals surface area contributed by atoms with Crippen LogP contribution in [0.3, 0.4) is 0 Å². The number of hydrogen-bond donors (Lipinski definition) is 1. The second kappa shape index (κ2) is 4.49. The summed E-state index contributed by atoms with van der Waals surface area (Å²) in [6.45, 7) is 3.93. The largest absolute Gasteiger partial charge is 0.339 e. The molecule has 0 fully saturated rings. The van der Waals surface area contributed by atoms with Gasteiger partial charge >= 0.3 is 0 Å². The summed E-state index contributed by atoms with van der Waals surface area (Å²) in [7, 11) is 0. The number of nitrogens with zero attached hydrogens (tertiary/aromatic N) is 1. The Morgan fingerprint density at radius 3 is 2.65 bits per heavy atom. The van der Waals surface area contributed by atoms with Crippen LogP contribution in [0.2, 0.25) is 0 Å². The van der Waals surface area contributed by atoms with Crippen molar-refractivity contribution in [1.82, 2.24) is 9.97 Å². The molecule has 0 saturated heterocycles. The van der Waals surface area contributed by atoms with Gasteiger partial charge in [0, 0.05) is 11.3 Å². The molecule has 0 unspecified atom stereocenters. The zero-order valence-electron chi connectivity index (χ0n) is 9.70. The molecule has 3 nitrogen and oxygen atoms in total. The number of aldehydes is 1. The quantitative estimate of drug-likeness (QED) is 0.826. The van der Waals surface area contributed by atoms with E-state index in [9.17, 15) is 9.18 Å². The van der Waals surface area contributed by atoms with Crippen LogP contribution in [-0.2, 0) is 0 Å². The van der Waals surface area contributed by atoms with Crippen LogP contribution in [0.25, 0.3) is 11.3 Å². The first kappa shape index (κ1) is 11.5. The van der Waals surface area contributed by atoms with Crippen molar-refractivity contribution in [3.05, 3.63) is 41.6 Å². The number of nitrogens with one attached hydrogen (secondary N) is 1. The van der Waals surface area contributed by atoms with Gasteiger partial charge in [0.15, 0.2) is 12.1 Å². The van der Waals surface area contributed by atoms with E-state index < -0.39 is 0 Å². The Balaban J connectivity index is 2.62. The highest BCUT2D eigenvalue weighted by Crippen LogP contribution is 2.28. The van der Waals surface area contributed by atoms with Gasteiger partial charge in [0.25, 0.3) is 0 Å². The Morgan fingerprint density at radius 2 is 2.06 bits per heavy atom. The molecular weight excluding hydrogens is 219 g/mol. The van der Waals surface area contributed by atoms with Crippen LogP contribution in [0.4, 0.5) is 4.39 Å². The van der Waals surface area contributed by atoms with E-state index in [1.165, 1.54) is 6.07 Å². The Morgan fingerprint density at radius 1 is 1.35 bits per heavy atom. The summed E-state index contributed by atoms with van der Waals surface area (Å²) < 4.78 is 13.7. The summed E-state index contributed by atoms with van der Waals surface area (Å²) in [5, 5.41) is 0. The first-order valence-electron chi connectivity index (χ1n) is 5.43. The van der Waals surface area contributed by atoms with E-state index >= 15 is 0 Å². The van der Waals surface area contributed by atoms with Crippen molar-refractivity contribution in [2.75, 3.05) is 0 Å². The number of carbonyl (C=O) groups is 1. The van der Waals surface area contributed by atoms with Crippen molar-refractivity contribution in [3.63, 3.8) is 0 Å². The summed E-state index contributed by atoms with van der Waals surface area (Å²) >= 11 is 0. The standard InChI is InChI=1S/C13H13FN2O/c1-8(2)12-13(16-11(7-17)15-12)9-5-3-4-6-10(9)14/h3-8H,1-2H3,(H,15,16). The van der Waals surface area contributed by atoms with Gasteiger partial charge in [0.05, 0.1) is 5.69 Å². The topological polar surface area (TPSA) is 45.8 Å². The van der Waals surface area contributed by atoms with Gasteiger partial charge in [0.2, 0.25) is 0 Å². The van der Waals surface area contributed by atoms with Gasteiger partial charge in [-0.2, -0.15) is 0 Å². The highest BCUT2D eigenvalue weighted by Gasteiger charge is 2.17. The van der Waals surface area contributed by atoms with Crippen molar-refractivity contribution in [2.24, 2.45) is 0 Å². The first-order chi connectivity index (χ1) is 8.13. The predicted octanol–water partition coefficient (Wildman–Crippen LogP) is 3.15. The molecule has 2 aromatic rings. The number of carbonyl (C=O) groups excluding carboxylic acids is 1. The second-order valence-corrected chi connectivity index (χ2v) is 4.14. The smallest absolute Gasteiger partial charge is 0.185 e. The van der Waals surface area contributed by atoms with Gasteiger partial charge in [-0.25, -0.2) is 9.37 Å². The number of imidazole rings is 1. The second-order valence-electron chi connectivity index (χ2n) is 4.14. The normalized spacial score (nSPS) is 10.8. The maximum atomic E-state index is 13.7. The molecule has 0 amide bonds. The van der Waals surface area contributed by atoms with E-state index in [-0.39, 0.29) is 17.6 Å². The molecule has 1 aromatic heterocycles. The van der Waals surface area contributed by atoms with Crippen LogP contribution in [-0.4, -0.2) is 16.3 Å². The monoisotopic (exact) mass is 232 g/mol. The van der Waals surface area contributed by atoms with Crippen molar-refractivity contribution in [2.45, 2.75) is 19.8 Å². The van der Waals surface area contributed by atoms with Gasteiger partial charge in [-0.15, -0.1) is 0 Å². The van der Waals surface area contributed by atoms with Crippen LogP contribution in [0.5, 0.6) is 0 Å². The fourth-order valence-electron chi connectivity index (χ4n) is 1.74. The molecule has 88 valence electrons. The van der Waals surface area contributed by atoms with Gasteiger partial charge in [-0.05, 0) is 18.1 Å². The number of rotatable bonds is 3. The third-order valence-corrected chi connectivity index (χ3v) is 2.57. The average Bonchev–Trinajstić information content (AvgIpc) is 2.73. The third kappa shape index (κ3) is 2.11. The molecule has 0 aliphatic carbocycles. The number of aromatic amines is 1. The Hall–Kier alpha value is -1.97. The number of benzene rings is 1. The van der Waals surface area contributed by atoms with Crippen LogP contribution in [0, 0.1) is 5.82 Å². The van der Waals surface area contributed by atoms with E-state index in [4.69, 9.17) is 0 Å². The molecule has 2 rings (SSSR count). The van der Waals surface area contributed by atoms with Gasteiger partial charge in [-0.1, -0.05) is 26.0 Å². The van der Waals surface area contributed by atoms with Crippen molar-refractivity contribution < 1.29 is 9.18 Å². The van der Waals surface area contributed by atoms with E-state index in [2.05, 4.69) is 9.97 Å². The Labute approximate surface area is 98.7 Å². The molecule has 0 atom stereocenters. The fourth-order valence-corrected chi connectivity index (χ4v) is 1.74. The van der Waals surface area contributed by atoms with Crippen LogP contribution in [0.15, 0.2) is 24.3 Å². The molecule has 1 N–H and O–H groups in total. The molecule has 0 aliphatic heterocycles. The molecule has 0 spiro atoms. The lowest BCUT2D eigenvalue weighted by atomic mass is 10.0. The Bertz CT molecular complexity index is 546. The molecule has 1 aromatic carbocycles. The maximum absolute atomic E-state index is 13.7. The van der Waals surface area contributed by atoms with Gasteiger partial charge < -0.3 is 4.98 Å². The van der Waals surface area contributed by atoms with Crippen molar-refractivity contribution in [3.8, 4) is 11.3 Å². The minimum Gasteiger partial charge on any atom is -0.339 e. The highest BCUT2D eigenvalue weighted by atomic mass is 19.1.